The lowest BCUT2D eigenvalue weighted by Crippen LogP contribution is -2.78. The van der Waals surface area contributed by atoms with E-state index in [-0.39, 0.29) is 31.8 Å². The molecular weight excluding hydrogens is 847 g/mol. The minimum Gasteiger partial charge on any atom is -0.488 e. The van der Waals surface area contributed by atoms with Crippen LogP contribution in [-0.4, -0.2) is 67.5 Å². The van der Waals surface area contributed by atoms with Crippen LogP contribution in [0.3, 0.4) is 0 Å². The lowest BCUT2D eigenvalue weighted by atomic mass is 9.92. The maximum absolute atomic E-state index is 14.2. The fourth-order valence-corrected chi connectivity index (χ4v) is 7.73. The van der Waals surface area contributed by atoms with Gasteiger partial charge in [-0.2, -0.15) is 0 Å². The highest BCUT2D eigenvalue weighted by molar-refractivity contribution is 6.10. The number of hydrogen-bond donors (Lipinski definition) is 7. The summed E-state index contributed by atoms with van der Waals surface area (Å²) >= 11 is 0. The van der Waals surface area contributed by atoms with Gasteiger partial charge in [0.25, 0.3) is 5.91 Å². The molecule has 0 saturated heterocycles. The summed E-state index contributed by atoms with van der Waals surface area (Å²) in [7, 11) is 0. The van der Waals surface area contributed by atoms with Crippen molar-refractivity contribution >= 4 is 51.2 Å². The lowest BCUT2D eigenvalue weighted by Gasteiger charge is -2.25. The maximum atomic E-state index is 14.2. The van der Waals surface area contributed by atoms with Gasteiger partial charge in [0.1, 0.15) is 42.8 Å². The van der Waals surface area contributed by atoms with Crippen molar-refractivity contribution in [2.45, 2.75) is 69.9 Å². The van der Waals surface area contributed by atoms with Crippen molar-refractivity contribution in [3.8, 4) is 22.6 Å². The first-order chi connectivity index (χ1) is 32.6. The Morgan fingerprint density at radius 2 is 1.13 bits per heavy atom. The van der Waals surface area contributed by atoms with E-state index in [1.807, 2.05) is 133 Å². The zero-order valence-electron chi connectivity index (χ0n) is 37.7. The molecule has 14 nitrogen and oxygen atoms in total. The van der Waals surface area contributed by atoms with E-state index in [9.17, 15) is 19.2 Å². The van der Waals surface area contributed by atoms with Gasteiger partial charge in [0.2, 0.25) is 11.8 Å². The number of rotatable bonds is 25. The van der Waals surface area contributed by atoms with Gasteiger partial charge in [-0.15, -0.1) is 6.58 Å². The molecule has 67 heavy (non-hydrogen) atoms. The minimum absolute atomic E-state index is 0.0115. The summed E-state index contributed by atoms with van der Waals surface area (Å²) in [6, 6.07) is 39.7. The summed E-state index contributed by atoms with van der Waals surface area (Å²) < 4.78 is 18.5. The fraction of sp³-hybridized carbons (Fsp3) is 0.264. The zero-order valence-corrected chi connectivity index (χ0v) is 37.7. The topological polar surface area (TPSA) is 226 Å². The van der Waals surface area contributed by atoms with Gasteiger partial charge in [0, 0.05) is 11.1 Å². The Morgan fingerprint density at radius 1 is 0.612 bits per heavy atom. The number of nitrogens with two attached hydrogens (primary N) is 2. The van der Waals surface area contributed by atoms with Crippen LogP contribution in [0.5, 0.6) is 11.5 Å². The van der Waals surface area contributed by atoms with Crippen molar-refractivity contribution in [1.82, 2.24) is 16.0 Å². The highest BCUT2D eigenvalue weighted by atomic mass is 16.5. The highest BCUT2D eigenvalue weighted by Crippen LogP contribution is 2.45. The number of hydrogen-bond acceptors (Lipinski definition) is 7. The van der Waals surface area contributed by atoms with Crippen LogP contribution in [0.4, 0.5) is 0 Å². The molecule has 11 N–H and O–H groups in total. The fourth-order valence-electron chi connectivity index (χ4n) is 7.73. The van der Waals surface area contributed by atoms with Crippen LogP contribution < -0.4 is 47.6 Å². The Morgan fingerprint density at radius 3 is 1.72 bits per heavy atom. The van der Waals surface area contributed by atoms with Crippen LogP contribution >= 0.6 is 0 Å². The number of nitrogens with one attached hydrogen (secondary N) is 4. The van der Waals surface area contributed by atoms with Gasteiger partial charge in [0.15, 0.2) is 6.61 Å². The van der Waals surface area contributed by atoms with Gasteiger partial charge in [-0.1, -0.05) is 127 Å². The smallest absolute Gasteiger partial charge is 0.338 e. The lowest BCUT2D eigenvalue weighted by molar-refractivity contribution is -0.459. The molecule has 0 fully saturated rings. The Kier molecular flexibility index (Phi) is 18.3. The quantitative estimate of drug-likeness (QED) is 0.0145. The molecule has 0 saturated carbocycles. The number of carbonyl (C=O) groups excluding carboxylic acids is 4. The molecule has 0 heterocycles. The largest absolute Gasteiger partial charge is 0.488 e. The van der Waals surface area contributed by atoms with Crippen LogP contribution in [0.25, 0.3) is 32.7 Å². The van der Waals surface area contributed by atoms with E-state index >= 15 is 0 Å². The van der Waals surface area contributed by atoms with Crippen LogP contribution in [0, 0.1) is 0 Å². The summed E-state index contributed by atoms with van der Waals surface area (Å²) in [4.78, 5) is 58.1. The summed E-state index contributed by atoms with van der Waals surface area (Å²) in [5, 5.41) is 12.3. The molecule has 0 radical (unpaired) electrons. The molecule has 3 atom stereocenters. The van der Waals surface area contributed by atoms with E-state index in [4.69, 9.17) is 25.7 Å². The Labute approximate surface area is 390 Å². The first-order valence-electron chi connectivity index (χ1n) is 22.6. The molecule has 6 aromatic rings. The van der Waals surface area contributed by atoms with Gasteiger partial charge in [-0.3, -0.25) is 30.8 Å². The molecule has 0 aliphatic carbocycles. The van der Waals surface area contributed by atoms with Crippen molar-refractivity contribution in [3.63, 3.8) is 0 Å². The first-order valence-corrected chi connectivity index (χ1v) is 22.6. The third-order valence-corrected chi connectivity index (χ3v) is 11.1. The Bertz CT molecular complexity index is 2640. The average Bonchev–Trinajstić information content (AvgIpc) is 3.35. The molecule has 3 amide bonds. The summed E-state index contributed by atoms with van der Waals surface area (Å²) in [6.45, 7) is 4.62. The van der Waals surface area contributed by atoms with Gasteiger partial charge < -0.3 is 35.9 Å². The number of amides is 3. The molecule has 0 aromatic heterocycles. The van der Waals surface area contributed by atoms with E-state index in [2.05, 4.69) is 33.3 Å². The van der Waals surface area contributed by atoms with E-state index < -0.39 is 48.4 Å². The number of quaternary nitrogens is 1. The summed E-state index contributed by atoms with van der Waals surface area (Å²) in [5.41, 5.74) is 18.5. The summed E-state index contributed by atoms with van der Waals surface area (Å²) in [5.74, 6) is -1.28. The standard InChI is InChI=1S/C53H59N7O7/c1-2-16-44(52(64)67-34-37-19-7-4-8-20-37)60-51(63)43(26-15-32-57-53(55)56)59-50(62)42(25-13-14-31-54)58-47(61)35-66-46-30-28-39-22-10-12-24-41(39)49(46)48-40-23-11-9-21-38(40)27-29-45(48)65-33-36-17-5-3-6-18-36/h2-12,17-24,27-30,42-44H,1,13-16,25-26,31-35,54H2,(H,58,61)(H,59,62)(H,60,63)(H4,55,56,57)/p+2/t42-,43-,44+/m1/s1. The van der Waals surface area contributed by atoms with Gasteiger partial charge >= 0.3 is 11.9 Å². The molecule has 0 unspecified atom stereocenters. The first kappa shape index (κ1) is 48.7. The molecule has 14 heteroatoms. The van der Waals surface area contributed by atoms with E-state index in [1.54, 1.807) is 0 Å². The molecule has 6 rings (SSSR count). The van der Waals surface area contributed by atoms with Crippen LogP contribution in [0.2, 0.25) is 0 Å². The minimum atomic E-state index is -1.11. The second kappa shape index (κ2) is 25.1. The number of fused-ring (bicyclic) bond motifs is 2. The van der Waals surface area contributed by atoms with Gasteiger partial charge in [-0.05, 0) is 83.3 Å². The van der Waals surface area contributed by atoms with E-state index in [0.717, 1.165) is 43.8 Å². The monoisotopic (exact) mass is 907 g/mol. The van der Waals surface area contributed by atoms with Crippen LogP contribution in [0.1, 0.15) is 49.7 Å². The predicted octanol–water partition coefficient (Wildman–Crippen LogP) is 3.94. The van der Waals surface area contributed by atoms with Gasteiger partial charge in [-0.25, -0.2) is 4.79 Å². The SMILES string of the molecule is C=CC[C@H](NC(=O)[C@@H](CCC[NH+]=C(N)N)NC(=O)[C@@H](CCCC[NH3+])NC(=O)COc1ccc2ccccc2c1-c1c(OCc2ccccc2)ccc2ccccc12)C(=O)OCc1ccccc1. The van der Waals surface area contributed by atoms with E-state index in [0.29, 0.717) is 50.5 Å². The molecule has 0 spiro atoms. The molecule has 348 valence electrons. The van der Waals surface area contributed by atoms with Gasteiger partial charge in [0.05, 0.1) is 13.1 Å². The summed E-state index contributed by atoms with van der Waals surface area (Å²) in [6.07, 6.45) is 3.66. The number of esters is 1. The molecule has 6 aromatic carbocycles. The Hall–Kier alpha value is -7.71. The van der Waals surface area contributed by atoms with Crippen molar-refractivity contribution in [3.05, 3.63) is 157 Å². The second-order valence-corrected chi connectivity index (χ2v) is 16.1. The molecule has 0 aliphatic rings. The number of guanidine groups is 1. The van der Waals surface area contributed by atoms with Crippen molar-refractivity contribution in [2.75, 3.05) is 19.7 Å². The highest BCUT2D eigenvalue weighted by Gasteiger charge is 2.30. The second-order valence-electron chi connectivity index (χ2n) is 16.1. The zero-order chi connectivity index (χ0) is 47.4. The third kappa shape index (κ3) is 14.1. The Balaban J connectivity index is 1.22. The van der Waals surface area contributed by atoms with Crippen molar-refractivity contribution < 1.29 is 44.1 Å². The van der Waals surface area contributed by atoms with E-state index in [1.165, 1.54) is 6.08 Å². The number of carbonyl (C=O) groups is 4. The molecular formula is C53H61N7O7+2. The predicted molar refractivity (Wildman–Crippen MR) is 260 cm³/mol. The molecule has 0 bridgehead atoms. The third-order valence-electron chi connectivity index (χ3n) is 11.1. The van der Waals surface area contributed by atoms with Crippen LogP contribution in [0.15, 0.2) is 146 Å². The molecule has 0 aliphatic heterocycles. The van der Waals surface area contributed by atoms with Crippen LogP contribution in [-0.2, 0) is 37.1 Å². The maximum Gasteiger partial charge on any atom is 0.338 e. The average molecular weight is 908 g/mol. The van der Waals surface area contributed by atoms with Crippen molar-refractivity contribution in [1.29, 1.82) is 0 Å². The number of ether oxygens (including phenoxy) is 3. The van der Waals surface area contributed by atoms with Crippen molar-refractivity contribution in [2.24, 2.45) is 11.5 Å². The normalized spacial score (nSPS) is 12.3. The number of benzene rings is 6. The number of unbranched alkanes of at least 4 members (excludes halogenated alkanes) is 1.